The van der Waals surface area contributed by atoms with Crippen LogP contribution in [0.1, 0.15) is 29.7 Å². The molecule has 2 aromatic heterocycles. The Morgan fingerprint density at radius 1 is 0.978 bits per heavy atom. The van der Waals surface area contributed by atoms with E-state index in [2.05, 4.69) is 9.88 Å². The molecule has 1 aliphatic rings. The molecule has 0 bridgehead atoms. The number of allylic oxidation sites excluding steroid dienone is 1. The summed E-state index contributed by atoms with van der Waals surface area (Å²) in [5.41, 5.74) is 4.54. The van der Waals surface area contributed by atoms with E-state index in [-0.39, 0.29) is 11.5 Å². The molecule has 46 heavy (non-hydrogen) atoms. The van der Waals surface area contributed by atoms with E-state index in [1.54, 1.807) is 37.3 Å². The van der Waals surface area contributed by atoms with Crippen molar-refractivity contribution in [1.29, 1.82) is 0 Å². The smallest absolute Gasteiger partial charge is 0.271 e. The second-order valence-corrected chi connectivity index (χ2v) is 12.8. The predicted octanol–water partition coefficient (Wildman–Crippen LogP) is 7.32. The van der Waals surface area contributed by atoms with Crippen LogP contribution in [0, 0.1) is 5.82 Å². The number of hydrogen-bond acceptors (Lipinski definition) is 4. The molecule has 0 fully saturated rings. The molecule has 7 rings (SSSR count). The molecule has 1 N–H and O–H groups in total. The number of anilines is 1. The van der Waals surface area contributed by atoms with Gasteiger partial charge in [-0.15, -0.1) is 0 Å². The highest BCUT2D eigenvalue weighted by molar-refractivity contribution is 7.07. The highest BCUT2D eigenvalue weighted by atomic mass is 35.5. The van der Waals surface area contributed by atoms with Crippen LogP contribution < -0.4 is 20.2 Å². The molecule has 3 heterocycles. The Morgan fingerprint density at radius 2 is 1.72 bits per heavy atom. The number of carbonyl (C=O) groups excluding carboxylic acids is 1. The predicted molar refractivity (Wildman–Crippen MR) is 183 cm³/mol. The van der Waals surface area contributed by atoms with Crippen LogP contribution in [-0.2, 0) is 11.3 Å². The minimum Gasteiger partial charge on any atom is -0.342 e. The number of thiazole rings is 1. The van der Waals surface area contributed by atoms with Crippen LogP contribution in [0.5, 0.6) is 0 Å². The van der Waals surface area contributed by atoms with Gasteiger partial charge in [0.2, 0.25) is 0 Å². The Bertz CT molecular complexity index is 2360. The van der Waals surface area contributed by atoms with E-state index in [0.717, 1.165) is 22.0 Å². The summed E-state index contributed by atoms with van der Waals surface area (Å²) < 4.78 is 18.1. The van der Waals surface area contributed by atoms with E-state index < -0.39 is 11.9 Å². The molecule has 0 spiro atoms. The first-order chi connectivity index (χ1) is 22.3. The average molecular weight is 668 g/mol. The van der Waals surface area contributed by atoms with Crippen molar-refractivity contribution in [1.82, 2.24) is 9.13 Å². The average Bonchev–Trinajstić information content (AvgIpc) is 3.55. The summed E-state index contributed by atoms with van der Waals surface area (Å²) in [5.74, 6) is -0.800. The molecular weight excluding hydrogens is 642 g/mol. The van der Waals surface area contributed by atoms with Crippen molar-refractivity contribution in [3.63, 3.8) is 0 Å². The number of aromatic nitrogens is 2. The van der Waals surface area contributed by atoms with Crippen LogP contribution in [0.3, 0.4) is 0 Å². The lowest BCUT2D eigenvalue weighted by Crippen LogP contribution is -2.40. The zero-order chi connectivity index (χ0) is 31.9. The number of nitrogens with zero attached hydrogens (tertiary/aromatic N) is 3. The number of rotatable bonds is 6. The van der Waals surface area contributed by atoms with Gasteiger partial charge in [0.1, 0.15) is 5.82 Å². The molecule has 0 unspecified atom stereocenters. The maximum absolute atomic E-state index is 14.2. The van der Waals surface area contributed by atoms with Crippen molar-refractivity contribution in [2.45, 2.75) is 19.5 Å². The minimum absolute atomic E-state index is 0.295. The Morgan fingerprint density at radius 3 is 2.48 bits per heavy atom. The molecule has 1 atom stereocenters. The van der Waals surface area contributed by atoms with Gasteiger partial charge in [0.25, 0.3) is 11.5 Å². The molecule has 10 heteroatoms. The first-order valence-corrected chi connectivity index (χ1v) is 16.0. The van der Waals surface area contributed by atoms with Gasteiger partial charge in [0.15, 0.2) is 4.80 Å². The zero-order valence-corrected chi connectivity index (χ0v) is 26.7. The largest absolute Gasteiger partial charge is 0.342 e. The lowest BCUT2D eigenvalue weighted by atomic mass is 9.95. The topological polar surface area (TPSA) is 68.4 Å². The number of nitrogens with one attached hydrogen (secondary N) is 1. The molecular formula is C36H25Cl2FN4O2S. The van der Waals surface area contributed by atoms with Crippen LogP contribution in [0.4, 0.5) is 10.1 Å². The van der Waals surface area contributed by atoms with Gasteiger partial charge >= 0.3 is 0 Å². The van der Waals surface area contributed by atoms with Crippen LogP contribution in [0.2, 0.25) is 10.0 Å². The Balaban J connectivity index is 1.35. The SMILES string of the molecule is CC1=C(C(=O)Nc2ccccc2)[C@@H](c2ccc(F)cc2)n2c(s/c(=C/c3cn(Cc4ccc(Cl)c(Cl)c4)c4ccccc34)c2=O)=N1. The Labute approximate surface area is 277 Å². The van der Waals surface area contributed by atoms with Gasteiger partial charge in [-0.3, -0.25) is 14.2 Å². The van der Waals surface area contributed by atoms with Gasteiger partial charge in [0, 0.05) is 34.9 Å². The van der Waals surface area contributed by atoms with Crippen molar-refractivity contribution >= 4 is 63.1 Å². The zero-order valence-electron chi connectivity index (χ0n) is 24.4. The molecule has 0 radical (unpaired) electrons. The van der Waals surface area contributed by atoms with Crippen molar-refractivity contribution in [2.24, 2.45) is 4.99 Å². The first kappa shape index (κ1) is 29.9. The van der Waals surface area contributed by atoms with E-state index in [4.69, 9.17) is 28.2 Å². The Kier molecular flexibility index (Phi) is 7.94. The van der Waals surface area contributed by atoms with E-state index in [1.807, 2.05) is 66.9 Å². The normalized spacial score (nSPS) is 14.8. The number of carbonyl (C=O) groups is 1. The van der Waals surface area contributed by atoms with Gasteiger partial charge in [-0.2, -0.15) is 0 Å². The van der Waals surface area contributed by atoms with E-state index >= 15 is 0 Å². The maximum atomic E-state index is 14.2. The number of benzene rings is 4. The minimum atomic E-state index is -0.807. The van der Waals surface area contributed by atoms with Crippen molar-refractivity contribution in [2.75, 3.05) is 5.32 Å². The molecule has 228 valence electrons. The van der Waals surface area contributed by atoms with Crippen molar-refractivity contribution < 1.29 is 9.18 Å². The molecule has 6 nitrogen and oxygen atoms in total. The van der Waals surface area contributed by atoms with E-state index in [9.17, 15) is 14.0 Å². The standard InChI is InChI=1S/C36H25Cl2FN4O2S/c1-21-32(34(44)41-26-7-3-2-4-8-26)33(23-12-14-25(39)15-13-23)43-35(45)31(46-36(43)40-21)18-24-20-42(30-10-6-5-9-27(24)30)19-22-11-16-28(37)29(38)17-22/h2-18,20,33H,19H2,1H3,(H,41,44)/b31-18+/t33-/m1/s1. The summed E-state index contributed by atoms with van der Waals surface area (Å²) in [7, 11) is 0. The van der Waals surface area contributed by atoms with E-state index in [0.29, 0.717) is 48.4 Å². The second kappa shape index (κ2) is 12.2. The molecule has 6 aromatic rings. The van der Waals surface area contributed by atoms with Crippen LogP contribution in [0.25, 0.3) is 17.0 Å². The maximum Gasteiger partial charge on any atom is 0.271 e. The molecule has 0 aliphatic carbocycles. The highest BCUT2D eigenvalue weighted by Crippen LogP contribution is 2.31. The fraction of sp³-hybridized carbons (Fsp3) is 0.0833. The monoisotopic (exact) mass is 666 g/mol. The van der Waals surface area contributed by atoms with Gasteiger partial charge in [-0.05, 0) is 66.6 Å². The lowest BCUT2D eigenvalue weighted by Gasteiger charge is -2.25. The van der Waals surface area contributed by atoms with Gasteiger partial charge in [0.05, 0.1) is 31.9 Å². The molecule has 1 amide bonds. The van der Waals surface area contributed by atoms with Gasteiger partial charge in [-0.25, -0.2) is 9.38 Å². The van der Waals surface area contributed by atoms with Crippen LogP contribution >= 0.6 is 34.5 Å². The van der Waals surface area contributed by atoms with Crippen LogP contribution in [0.15, 0.2) is 124 Å². The fourth-order valence-electron chi connectivity index (χ4n) is 5.79. The van der Waals surface area contributed by atoms with E-state index in [1.165, 1.54) is 28.0 Å². The summed E-state index contributed by atoms with van der Waals surface area (Å²) in [6.45, 7) is 2.31. The lowest BCUT2D eigenvalue weighted by molar-refractivity contribution is -0.113. The summed E-state index contributed by atoms with van der Waals surface area (Å²) in [4.78, 5) is 33.2. The first-order valence-electron chi connectivity index (χ1n) is 14.4. The summed E-state index contributed by atoms with van der Waals surface area (Å²) in [5, 5.41) is 4.89. The second-order valence-electron chi connectivity index (χ2n) is 10.9. The summed E-state index contributed by atoms with van der Waals surface area (Å²) in [6.07, 6.45) is 3.87. The number of para-hydroxylation sites is 2. The molecule has 4 aromatic carbocycles. The third kappa shape index (κ3) is 5.60. The number of hydrogen-bond donors (Lipinski definition) is 1. The fourth-order valence-corrected chi connectivity index (χ4v) is 7.15. The summed E-state index contributed by atoms with van der Waals surface area (Å²) >= 11 is 13.7. The number of fused-ring (bicyclic) bond motifs is 2. The van der Waals surface area contributed by atoms with Crippen molar-refractivity contribution in [3.05, 3.63) is 167 Å². The third-order valence-electron chi connectivity index (χ3n) is 7.93. The Hall–Kier alpha value is -4.76. The van der Waals surface area contributed by atoms with Gasteiger partial charge in [-0.1, -0.05) is 89.1 Å². The van der Waals surface area contributed by atoms with Crippen molar-refractivity contribution in [3.8, 4) is 0 Å². The number of halogens is 3. The molecule has 1 aliphatic heterocycles. The molecule has 0 saturated heterocycles. The summed E-state index contributed by atoms with van der Waals surface area (Å²) in [6, 6.07) is 27.7. The van der Waals surface area contributed by atoms with Crippen LogP contribution in [-0.4, -0.2) is 15.0 Å². The van der Waals surface area contributed by atoms with Gasteiger partial charge < -0.3 is 9.88 Å². The number of amides is 1. The third-order valence-corrected chi connectivity index (χ3v) is 9.65. The quantitative estimate of drug-likeness (QED) is 0.202. The highest BCUT2D eigenvalue weighted by Gasteiger charge is 2.32. The molecule has 0 saturated carbocycles.